The summed E-state index contributed by atoms with van der Waals surface area (Å²) in [6.07, 6.45) is 1.52. The molecule has 6 nitrogen and oxygen atoms in total. The Bertz CT molecular complexity index is 1260. The number of para-hydroxylation sites is 1. The minimum absolute atomic E-state index is 0.0822. The highest BCUT2D eigenvalue weighted by Crippen LogP contribution is 2.30. The van der Waals surface area contributed by atoms with Gasteiger partial charge in [-0.15, -0.1) is 11.3 Å². The summed E-state index contributed by atoms with van der Waals surface area (Å²) in [4.78, 5) is 16.6. The van der Waals surface area contributed by atoms with E-state index >= 15 is 0 Å². The van der Waals surface area contributed by atoms with Crippen molar-refractivity contribution in [3.05, 3.63) is 83.7 Å². The van der Waals surface area contributed by atoms with Crippen molar-refractivity contribution in [1.29, 1.82) is 0 Å². The summed E-state index contributed by atoms with van der Waals surface area (Å²) in [5.74, 6) is 0.621. The number of thioether (sulfide) groups is 1. The van der Waals surface area contributed by atoms with Crippen LogP contribution >= 0.6 is 23.1 Å². The van der Waals surface area contributed by atoms with Gasteiger partial charge in [-0.2, -0.15) is 5.10 Å². The van der Waals surface area contributed by atoms with E-state index in [2.05, 4.69) is 15.5 Å². The van der Waals surface area contributed by atoms with E-state index in [1.54, 1.807) is 47.7 Å². The van der Waals surface area contributed by atoms with Gasteiger partial charge in [-0.25, -0.2) is 14.8 Å². The van der Waals surface area contributed by atoms with Gasteiger partial charge in [0.05, 0.1) is 29.3 Å². The second kappa shape index (κ2) is 10.9. The number of hydrogen-bond donors (Lipinski definition) is 1. The summed E-state index contributed by atoms with van der Waals surface area (Å²) in [6.45, 7) is 0.0822. The van der Waals surface area contributed by atoms with E-state index in [4.69, 9.17) is 9.47 Å². The van der Waals surface area contributed by atoms with Crippen molar-refractivity contribution in [3.63, 3.8) is 0 Å². The van der Waals surface area contributed by atoms with E-state index in [1.807, 2.05) is 24.3 Å². The monoisotopic (exact) mass is 481 g/mol. The van der Waals surface area contributed by atoms with Crippen molar-refractivity contribution in [1.82, 2.24) is 10.4 Å². The van der Waals surface area contributed by atoms with Gasteiger partial charge in [0.25, 0.3) is 5.91 Å². The van der Waals surface area contributed by atoms with Crippen molar-refractivity contribution < 1.29 is 18.7 Å². The summed E-state index contributed by atoms with van der Waals surface area (Å²) < 4.78 is 26.8. The summed E-state index contributed by atoms with van der Waals surface area (Å²) in [5.41, 5.74) is 4.61. The lowest BCUT2D eigenvalue weighted by Crippen LogP contribution is -2.19. The lowest BCUT2D eigenvalue weighted by molar-refractivity contribution is -0.118. The third kappa shape index (κ3) is 6.09. The molecule has 33 heavy (non-hydrogen) atoms. The largest absolute Gasteiger partial charge is 0.493 e. The molecule has 0 spiro atoms. The van der Waals surface area contributed by atoms with Crippen LogP contribution in [0.1, 0.15) is 11.1 Å². The molecule has 0 bridgehead atoms. The third-order valence-corrected chi connectivity index (χ3v) is 6.71. The third-order valence-electron chi connectivity index (χ3n) is 4.53. The minimum Gasteiger partial charge on any atom is -0.493 e. The van der Waals surface area contributed by atoms with E-state index in [0.29, 0.717) is 22.6 Å². The second-order valence-electron chi connectivity index (χ2n) is 6.82. The molecule has 0 aliphatic heterocycles. The highest BCUT2D eigenvalue weighted by molar-refractivity contribution is 8.01. The Hall–Kier alpha value is -3.43. The van der Waals surface area contributed by atoms with E-state index in [9.17, 15) is 9.18 Å². The van der Waals surface area contributed by atoms with Crippen LogP contribution in [0.2, 0.25) is 0 Å². The number of amides is 1. The molecule has 168 valence electrons. The number of thiazole rings is 1. The molecule has 4 aromatic rings. The maximum absolute atomic E-state index is 13.8. The Morgan fingerprint density at radius 3 is 2.79 bits per heavy atom. The molecule has 3 aromatic carbocycles. The normalized spacial score (nSPS) is 11.1. The van der Waals surface area contributed by atoms with Gasteiger partial charge >= 0.3 is 0 Å². The summed E-state index contributed by atoms with van der Waals surface area (Å²) in [6, 6.07) is 19.5. The van der Waals surface area contributed by atoms with Crippen LogP contribution in [0.5, 0.6) is 11.5 Å². The number of hydrazone groups is 1. The van der Waals surface area contributed by atoms with Gasteiger partial charge in [0.2, 0.25) is 0 Å². The molecule has 1 amide bonds. The first-order chi connectivity index (χ1) is 16.1. The number of benzene rings is 3. The zero-order valence-electron chi connectivity index (χ0n) is 17.7. The number of carbonyl (C=O) groups is 1. The van der Waals surface area contributed by atoms with Gasteiger partial charge in [0.1, 0.15) is 12.4 Å². The van der Waals surface area contributed by atoms with Crippen LogP contribution in [-0.4, -0.2) is 30.0 Å². The van der Waals surface area contributed by atoms with Crippen molar-refractivity contribution in [2.75, 3.05) is 12.9 Å². The Morgan fingerprint density at radius 1 is 1.15 bits per heavy atom. The topological polar surface area (TPSA) is 72.8 Å². The van der Waals surface area contributed by atoms with Crippen molar-refractivity contribution in [3.8, 4) is 11.5 Å². The molecule has 0 unspecified atom stereocenters. The number of methoxy groups -OCH3 is 1. The number of carbonyl (C=O) groups excluding carboxylic acids is 1. The second-order valence-corrected chi connectivity index (χ2v) is 9.07. The molecular weight excluding hydrogens is 461 g/mol. The van der Waals surface area contributed by atoms with Crippen molar-refractivity contribution >= 4 is 45.4 Å². The fourth-order valence-corrected chi connectivity index (χ4v) is 4.77. The molecule has 0 atom stereocenters. The first-order valence-corrected chi connectivity index (χ1v) is 11.8. The Labute approximate surface area is 198 Å². The molecule has 1 heterocycles. The average molecular weight is 482 g/mol. The predicted molar refractivity (Wildman–Crippen MR) is 130 cm³/mol. The van der Waals surface area contributed by atoms with Crippen LogP contribution in [0.25, 0.3) is 10.2 Å². The van der Waals surface area contributed by atoms with E-state index in [0.717, 1.165) is 14.6 Å². The highest BCUT2D eigenvalue weighted by Gasteiger charge is 2.09. The van der Waals surface area contributed by atoms with Crippen LogP contribution in [0.3, 0.4) is 0 Å². The molecule has 4 rings (SSSR count). The minimum atomic E-state index is -0.322. The maximum atomic E-state index is 13.8. The number of fused-ring (bicyclic) bond motifs is 1. The van der Waals surface area contributed by atoms with Crippen LogP contribution in [-0.2, 0) is 11.4 Å². The summed E-state index contributed by atoms with van der Waals surface area (Å²) in [5, 5.41) is 4.01. The molecule has 0 fully saturated rings. The lowest BCUT2D eigenvalue weighted by Gasteiger charge is -2.11. The van der Waals surface area contributed by atoms with Gasteiger partial charge in [-0.1, -0.05) is 42.1 Å². The zero-order chi connectivity index (χ0) is 23.0. The predicted octanol–water partition coefficient (Wildman–Crippen LogP) is 5.27. The standard InChI is InChI=1S/C24H20FN3O3S2/c1-30-21-12-16(10-11-20(21)31-14-17-6-2-3-7-18(17)25)13-26-28-23(29)15-32-24-27-19-8-4-5-9-22(19)33-24/h2-13H,14-15H2,1H3,(H,28,29). The number of nitrogens with one attached hydrogen (secondary N) is 1. The van der Waals surface area contributed by atoms with Crippen LogP contribution in [0.4, 0.5) is 4.39 Å². The van der Waals surface area contributed by atoms with Crippen molar-refractivity contribution in [2.24, 2.45) is 5.10 Å². The number of aromatic nitrogens is 1. The van der Waals surface area contributed by atoms with Crippen LogP contribution in [0.15, 0.2) is 76.2 Å². The van der Waals surface area contributed by atoms with E-state index in [1.165, 1.54) is 31.2 Å². The van der Waals surface area contributed by atoms with Gasteiger partial charge in [-0.3, -0.25) is 4.79 Å². The average Bonchev–Trinajstić information content (AvgIpc) is 3.26. The highest BCUT2D eigenvalue weighted by atomic mass is 32.2. The molecular formula is C24H20FN3O3S2. The Morgan fingerprint density at radius 2 is 1.97 bits per heavy atom. The Kier molecular flexibility index (Phi) is 7.54. The van der Waals surface area contributed by atoms with Gasteiger partial charge in [0, 0.05) is 5.56 Å². The number of nitrogens with zero attached hydrogens (tertiary/aromatic N) is 2. The number of ether oxygens (including phenoxy) is 2. The molecule has 0 aliphatic rings. The maximum Gasteiger partial charge on any atom is 0.250 e. The first kappa shape index (κ1) is 22.8. The van der Waals surface area contributed by atoms with Crippen molar-refractivity contribution in [2.45, 2.75) is 10.9 Å². The molecule has 0 aliphatic carbocycles. The van der Waals surface area contributed by atoms with Crippen LogP contribution < -0.4 is 14.9 Å². The van der Waals surface area contributed by atoms with Gasteiger partial charge in [-0.05, 0) is 42.0 Å². The molecule has 0 saturated carbocycles. The van der Waals surface area contributed by atoms with Crippen LogP contribution in [0, 0.1) is 5.82 Å². The number of hydrogen-bond acceptors (Lipinski definition) is 7. The lowest BCUT2D eigenvalue weighted by atomic mass is 10.2. The summed E-state index contributed by atoms with van der Waals surface area (Å²) >= 11 is 2.93. The zero-order valence-corrected chi connectivity index (χ0v) is 19.3. The smallest absolute Gasteiger partial charge is 0.250 e. The van der Waals surface area contributed by atoms with E-state index in [-0.39, 0.29) is 24.1 Å². The molecule has 9 heteroatoms. The number of rotatable bonds is 9. The molecule has 1 N–H and O–H groups in total. The fourth-order valence-electron chi connectivity index (χ4n) is 2.91. The van der Waals surface area contributed by atoms with Gasteiger partial charge in [0.15, 0.2) is 15.8 Å². The summed E-state index contributed by atoms with van der Waals surface area (Å²) in [7, 11) is 1.52. The quantitative estimate of drug-likeness (QED) is 0.200. The number of halogens is 1. The SMILES string of the molecule is COc1cc(C=NNC(=O)CSc2nc3ccccc3s2)ccc1OCc1ccccc1F. The molecule has 0 radical (unpaired) electrons. The Balaban J connectivity index is 1.30. The molecule has 0 saturated heterocycles. The molecule has 1 aromatic heterocycles. The first-order valence-electron chi connectivity index (χ1n) is 9.97. The van der Waals surface area contributed by atoms with E-state index < -0.39 is 0 Å². The van der Waals surface area contributed by atoms with Gasteiger partial charge < -0.3 is 9.47 Å². The fraction of sp³-hybridized carbons (Fsp3) is 0.125.